The van der Waals surface area contributed by atoms with E-state index >= 15 is 0 Å². The molecule has 1 saturated carbocycles. The van der Waals surface area contributed by atoms with Crippen molar-refractivity contribution in [2.24, 2.45) is 13.0 Å². The van der Waals surface area contributed by atoms with E-state index < -0.39 is 0 Å². The van der Waals surface area contributed by atoms with Gasteiger partial charge in [0.25, 0.3) is 0 Å². The third-order valence-electron chi connectivity index (χ3n) is 5.50. The van der Waals surface area contributed by atoms with Crippen molar-refractivity contribution in [1.29, 1.82) is 0 Å². The second-order valence-electron chi connectivity index (χ2n) is 7.84. The van der Waals surface area contributed by atoms with Gasteiger partial charge in [-0.2, -0.15) is 0 Å². The Bertz CT molecular complexity index is 1080. The zero-order valence-electron chi connectivity index (χ0n) is 18.0. The van der Waals surface area contributed by atoms with Crippen LogP contribution in [0.1, 0.15) is 32.1 Å². The molecule has 32 heavy (non-hydrogen) atoms. The van der Waals surface area contributed by atoms with Gasteiger partial charge >= 0.3 is 0 Å². The molecule has 1 aliphatic carbocycles. The fourth-order valence-electron chi connectivity index (χ4n) is 3.80. The molecule has 0 spiro atoms. The van der Waals surface area contributed by atoms with Crippen LogP contribution in [0.15, 0.2) is 53.9 Å². The van der Waals surface area contributed by atoms with Crippen LogP contribution in [0.5, 0.6) is 0 Å². The molecule has 0 saturated heterocycles. The van der Waals surface area contributed by atoms with Gasteiger partial charge < -0.3 is 15.2 Å². The van der Waals surface area contributed by atoms with E-state index in [2.05, 4.69) is 25.8 Å². The van der Waals surface area contributed by atoms with Crippen molar-refractivity contribution in [3.05, 3.63) is 48.8 Å². The number of nitrogens with one attached hydrogen (secondary N) is 2. The molecule has 0 bridgehead atoms. The maximum absolute atomic E-state index is 12.5. The Morgan fingerprint density at radius 3 is 2.50 bits per heavy atom. The van der Waals surface area contributed by atoms with Crippen LogP contribution in [0, 0.1) is 5.92 Å². The van der Waals surface area contributed by atoms with Crippen molar-refractivity contribution < 1.29 is 9.59 Å². The van der Waals surface area contributed by atoms with Gasteiger partial charge in [-0.15, -0.1) is 10.2 Å². The van der Waals surface area contributed by atoms with Crippen LogP contribution in [0.25, 0.3) is 11.4 Å². The monoisotopic (exact) mass is 450 g/mol. The molecule has 0 unspecified atom stereocenters. The number of amides is 2. The summed E-state index contributed by atoms with van der Waals surface area (Å²) >= 11 is 1.32. The van der Waals surface area contributed by atoms with Gasteiger partial charge in [-0.25, -0.2) is 0 Å². The second kappa shape index (κ2) is 10.4. The smallest absolute Gasteiger partial charge is 0.234 e. The number of aromatic nitrogens is 4. The Kier molecular flexibility index (Phi) is 7.16. The molecule has 2 amide bonds. The van der Waals surface area contributed by atoms with E-state index in [1.165, 1.54) is 18.2 Å². The molecule has 166 valence electrons. The molecule has 1 aromatic carbocycles. The summed E-state index contributed by atoms with van der Waals surface area (Å²) in [5.74, 6) is 0.912. The molecule has 3 aromatic rings. The standard InChI is InChI=1S/C23H26N6O2S/c1-29-21(16-10-12-24-13-11-16)27-28-23(29)32-15-20(30)25-18-8-5-9-19(14-18)26-22(31)17-6-3-2-4-7-17/h5,8-14,17H,2-4,6-7,15H2,1H3,(H,25,30)(H,26,31). The summed E-state index contributed by atoms with van der Waals surface area (Å²) in [6.07, 6.45) is 8.74. The van der Waals surface area contributed by atoms with E-state index in [1.807, 2.05) is 41.9 Å². The fraction of sp³-hybridized carbons (Fsp3) is 0.348. The third-order valence-corrected chi connectivity index (χ3v) is 6.52. The van der Waals surface area contributed by atoms with Crippen LogP contribution >= 0.6 is 11.8 Å². The summed E-state index contributed by atoms with van der Waals surface area (Å²) in [4.78, 5) is 29.0. The SMILES string of the molecule is Cn1c(SCC(=O)Nc2cccc(NC(=O)C3CCCCC3)c2)nnc1-c1ccncc1. The summed E-state index contributed by atoms with van der Waals surface area (Å²) in [7, 11) is 1.87. The molecule has 0 atom stereocenters. The molecule has 2 N–H and O–H groups in total. The molecule has 2 heterocycles. The van der Waals surface area contributed by atoms with Crippen molar-refractivity contribution in [3.8, 4) is 11.4 Å². The Morgan fingerprint density at radius 1 is 1.03 bits per heavy atom. The molecule has 0 radical (unpaired) electrons. The highest BCUT2D eigenvalue weighted by Gasteiger charge is 2.21. The van der Waals surface area contributed by atoms with Crippen molar-refractivity contribution in [2.45, 2.75) is 37.3 Å². The largest absolute Gasteiger partial charge is 0.326 e. The Hall–Kier alpha value is -3.20. The number of benzene rings is 1. The lowest BCUT2D eigenvalue weighted by Gasteiger charge is -2.20. The molecule has 1 fully saturated rings. The number of carbonyl (C=O) groups is 2. The third kappa shape index (κ3) is 5.53. The topological polar surface area (TPSA) is 102 Å². The molecule has 1 aliphatic rings. The summed E-state index contributed by atoms with van der Waals surface area (Å²) in [5, 5.41) is 14.9. The van der Waals surface area contributed by atoms with Gasteiger partial charge in [0.1, 0.15) is 0 Å². The predicted octanol–water partition coefficient (Wildman–Crippen LogP) is 4.13. The summed E-state index contributed by atoms with van der Waals surface area (Å²) in [6.45, 7) is 0. The Balaban J connectivity index is 1.31. The highest BCUT2D eigenvalue weighted by Crippen LogP contribution is 2.26. The number of rotatable bonds is 7. The van der Waals surface area contributed by atoms with Gasteiger partial charge in [0.2, 0.25) is 11.8 Å². The van der Waals surface area contributed by atoms with E-state index in [-0.39, 0.29) is 23.5 Å². The molecular weight excluding hydrogens is 424 g/mol. The minimum atomic E-state index is -0.154. The van der Waals surface area contributed by atoms with E-state index in [4.69, 9.17) is 0 Å². The average Bonchev–Trinajstić information content (AvgIpc) is 3.19. The summed E-state index contributed by atoms with van der Waals surface area (Å²) in [6, 6.07) is 11.0. The molecule has 2 aromatic heterocycles. The first-order valence-electron chi connectivity index (χ1n) is 10.7. The van der Waals surface area contributed by atoms with Gasteiger partial charge in [0, 0.05) is 42.3 Å². The number of hydrogen-bond donors (Lipinski definition) is 2. The second-order valence-corrected chi connectivity index (χ2v) is 8.79. The first kappa shape index (κ1) is 22.0. The molecule has 8 nitrogen and oxygen atoms in total. The van der Waals surface area contributed by atoms with Crippen LogP contribution in [-0.2, 0) is 16.6 Å². The van der Waals surface area contributed by atoms with Crippen molar-refractivity contribution in [2.75, 3.05) is 16.4 Å². The minimum Gasteiger partial charge on any atom is -0.326 e. The lowest BCUT2D eigenvalue weighted by molar-refractivity contribution is -0.120. The van der Waals surface area contributed by atoms with Crippen molar-refractivity contribution in [1.82, 2.24) is 19.7 Å². The van der Waals surface area contributed by atoms with E-state index in [1.54, 1.807) is 18.5 Å². The van der Waals surface area contributed by atoms with Gasteiger partial charge in [0.15, 0.2) is 11.0 Å². The van der Waals surface area contributed by atoms with Crippen LogP contribution in [-0.4, -0.2) is 37.3 Å². The summed E-state index contributed by atoms with van der Waals surface area (Å²) < 4.78 is 1.86. The van der Waals surface area contributed by atoms with Crippen LogP contribution in [0.3, 0.4) is 0 Å². The fourth-order valence-corrected chi connectivity index (χ4v) is 4.51. The van der Waals surface area contributed by atoms with Gasteiger partial charge in [-0.1, -0.05) is 37.1 Å². The van der Waals surface area contributed by atoms with E-state index in [0.717, 1.165) is 37.1 Å². The highest BCUT2D eigenvalue weighted by atomic mass is 32.2. The first-order chi connectivity index (χ1) is 15.6. The van der Waals surface area contributed by atoms with Crippen LogP contribution in [0.4, 0.5) is 11.4 Å². The van der Waals surface area contributed by atoms with E-state index in [0.29, 0.717) is 16.5 Å². The van der Waals surface area contributed by atoms with Gasteiger partial charge in [0.05, 0.1) is 5.75 Å². The van der Waals surface area contributed by atoms with Crippen LogP contribution < -0.4 is 10.6 Å². The molecule has 4 rings (SSSR count). The lowest BCUT2D eigenvalue weighted by atomic mass is 9.88. The molecular formula is C23H26N6O2S. The predicted molar refractivity (Wildman–Crippen MR) is 125 cm³/mol. The normalized spacial score (nSPS) is 14.2. The lowest BCUT2D eigenvalue weighted by Crippen LogP contribution is -2.24. The number of hydrogen-bond acceptors (Lipinski definition) is 6. The number of nitrogens with zero attached hydrogens (tertiary/aromatic N) is 4. The Morgan fingerprint density at radius 2 is 1.75 bits per heavy atom. The zero-order chi connectivity index (χ0) is 22.3. The quantitative estimate of drug-likeness (QED) is 0.525. The number of pyridine rings is 1. The summed E-state index contributed by atoms with van der Waals surface area (Å²) in [5.41, 5.74) is 2.26. The maximum Gasteiger partial charge on any atom is 0.234 e. The van der Waals surface area contributed by atoms with E-state index in [9.17, 15) is 9.59 Å². The maximum atomic E-state index is 12.5. The van der Waals surface area contributed by atoms with Crippen molar-refractivity contribution >= 4 is 35.0 Å². The zero-order valence-corrected chi connectivity index (χ0v) is 18.8. The minimum absolute atomic E-state index is 0.0658. The number of carbonyl (C=O) groups excluding carboxylic acids is 2. The van der Waals surface area contributed by atoms with Gasteiger partial charge in [-0.05, 0) is 43.2 Å². The van der Waals surface area contributed by atoms with Crippen LogP contribution in [0.2, 0.25) is 0 Å². The number of anilines is 2. The van der Waals surface area contributed by atoms with Crippen molar-refractivity contribution in [3.63, 3.8) is 0 Å². The number of thioether (sulfide) groups is 1. The molecule has 0 aliphatic heterocycles. The Labute approximate surface area is 191 Å². The highest BCUT2D eigenvalue weighted by molar-refractivity contribution is 7.99. The first-order valence-corrected chi connectivity index (χ1v) is 11.7. The molecule has 9 heteroatoms. The average molecular weight is 451 g/mol. The van der Waals surface area contributed by atoms with Gasteiger partial charge in [-0.3, -0.25) is 14.6 Å².